The van der Waals surface area contributed by atoms with Crippen LogP contribution in [0.15, 0.2) is 18.3 Å². The predicted molar refractivity (Wildman–Crippen MR) is 118 cm³/mol. The van der Waals surface area contributed by atoms with Crippen LogP contribution in [0.3, 0.4) is 0 Å². The Morgan fingerprint density at radius 2 is 2.03 bits per heavy atom. The minimum absolute atomic E-state index is 0.0148. The summed E-state index contributed by atoms with van der Waals surface area (Å²) in [5.74, 6) is 1.02. The third-order valence-corrected chi connectivity index (χ3v) is 4.81. The fraction of sp³-hybridized carbons (Fsp3) is 0.591. The summed E-state index contributed by atoms with van der Waals surface area (Å²) < 4.78 is 32.0. The van der Waals surface area contributed by atoms with Gasteiger partial charge in [-0.3, -0.25) is 0 Å². The average Bonchev–Trinajstić information content (AvgIpc) is 2.66. The smallest absolute Gasteiger partial charge is 0.410 e. The Morgan fingerprint density at radius 1 is 1.29 bits per heavy atom. The normalized spacial score (nSPS) is 17.3. The van der Waals surface area contributed by atoms with Crippen LogP contribution in [0.1, 0.15) is 59.6 Å². The van der Waals surface area contributed by atoms with Crippen molar-refractivity contribution < 1.29 is 18.3 Å². The Kier molecular flexibility index (Phi) is 6.81. The van der Waals surface area contributed by atoms with Crippen molar-refractivity contribution in [2.75, 3.05) is 23.7 Å². The zero-order valence-electron chi connectivity index (χ0n) is 18.7. The highest BCUT2D eigenvalue weighted by Crippen LogP contribution is 2.29. The van der Waals surface area contributed by atoms with Crippen LogP contribution in [0.5, 0.6) is 0 Å². The summed E-state index contributed by atoms with van der Waals surface area (Å²) in [5.41, 5.74) is -0.820. The van der Waals surface area contributed by atoms with Crippen LogP contribution in [0.25, 0.3) is 10.8 Å². The lowest BCUT2D eigenvalue weighted by molar-refractivity contribution is 0.0206. The first-order valence-corrected chi connectivity index (χ1v) is 10.6. The van der Waals surface area contributed by atoms with E-state index in [1.54, 1.807) is 11.1 Å². The van der Waals surface area contributed by atoms with E-state index >= 15 is 0 Å². The van der Waals surface area contributed by atoms with Crippen LogP contribution in [0.2, 0.25) is 0 Å². The largest absolute Gasteiger partial charge is 0.444 e. The van der Waals surface area contributed by atoms with Crippen molar-refractivity contribution in [3.05, 3.63) is 24.0 Å². The van der Waals surface area contributed by atoms with Gasteiger partial charge in [0, 0.05) is 42.1 Å². The molecule has 0 radical (unpaired) electrons. The number of hydrogen-bond donors (Lipinski definition) is 2. The second-order valence-electron chi connectivity index (χ2n) is 9.20. The molecule has 1 aliphatic heterocycles. The quantitative estimate of drug-likeness (QED) is 0.672. The van der Waals surface area contributed by atoms with Gasteiger partial charge in [-0.15, -0.1) is 0 Å². The molecule has 170 valence electrons. The molecule has 2 aromatic rings. The third-order valence-electron chi connectivity index (χ3n) is 4.81. The van der Waals surface area contributed by atoms with Crippen LogP contribution in [-0.2, 0) is 4.74 Å². The molecule has 1 saturated heterocycles. The van der Waals surface area contributed by atoms with E-state index in [1.807, 2.05) is 40.7 Å². The minimum atomic E-state index is -2.66. The summed E-state index contributed by atoms with van der Waals surface area (Å²) in [6.45, 7) is 10.6. The molecule has 1 fully saturated rings. The second-order valence-corrected chi connectivity index (χ2v) is 9.20. The fourth-order valence-corrected chi connectivity index (χ4v) is 3.54. The van der Waals surface area contributed by atoms with Crippen molar-refractivity contribution in [3.63, 3.8) is 0 Å². The van der Waals surface area contributed by atoms with Gasteiger partial charge in [0.15, 0.2) is 0 Å². The predicted octanol–water partition coefficient (Wildman–Crippen LogP) is 5.20. The number of alkyl halides is 2. The zero-order chi connectivity index (χ0) is 22.8. The number of anilines is 2. The topological polar surface area (TPSA) is 79.4 Å². The first-order chi connectivity index (χ1) is 14.5. The van der Waals surface area contributed by atoms with Crippen LogP contribution < -0.4 is 10.6 Å². The summed E-state index contributed by atoms with van der Waals surface area (Å²) in [6, 6.07) is 3.23. The van der Waals surface area contributed by atoms with E-state index in [0.717, 1.165) is 18.2 Å². The van der Waals surface area contributed by atoms with Crippen molar-refractivity contribution in [1.82, 2.24) is 14.9 Å². The van der Waals surface area contributed by atoms with Crippen molar-refractivity contribution in [2.24, 2.45) is 0 Å². The van der Waals surface area contributed by atoms with Gasteiger partial charge in [0.1, 0.15) is 22.9 Å². The highest BCUT2D eigenvalue weighted by atomic mass is 19.3. The highest BCUT2D eigenvalue weighted by Gasteiger charge is 2.28. The molecule has 0 spiro atoms. The molecule has 7 nitrogen and oxygen atoms in total. The number of likely N-dealkylation sites (tertiary alicyclic amines) is 1. The van der Waals surface area contributed by atoms with Gasteiger partial charge in [-0.2, -0.15) is 0 Å². The van der Waals surface area contributed by atoms with E-state index in [2.05, 4.69) is 20.6 Å². The second kappa shape index (κ2) is 9.20. The molecule has 0 aromatic carbocycles. The SMILES string of the molecule is CC(C)Nc1nc(C(F)F)cc2cnc(NC3CCCN(C(=O)OC(C)(C)C)C3)cc12. The van der Waals surface area contributed by atoms with Gasteiger partial charge in [-0.25, -0.2) is 23.5 Å². The van der Waals surface area contributed by atoms with Crippen molar-refractivity contribution in [3.8, 4) is 0 Å². The van der Waals surface area contributed by atoms with Gasteiger partial charge >= 0.3 is 6.09 Å². The van der Waals surface area contributed by atoms with Crippen molar-refractivity contribution >= 4 is 28.5 Å². The van der Waals surface area contributed by atoms with Gasteiger partial charge < -0.3 is 20.3 Å². The van der Waals surface area contributed by atoms with E-state index in [9.17, 15) is 13.6 Å². The highest BCUT2D eigenvalue weighted by molar-refractivity contribution is 5.93. The Balaban J connectivity index is 1.80. The van der Waals surface area contributed by atoms with Gasteiger partial charge in [-0.1, -0.05) is 0 Å². The number of piperidine rings is 1. The molecule has 3 heterocycles. The van der Waals surface area contributed by atoms with Crippen LogP contribution in [-0.4, -0.2) is 51.7 Å². The Hall–Kier alpha value is -2.71. The van der Waals surface area contributed by atoms with E-state index in [4.69, 9.17) is 4.74 Å². The standard InChI is InChI=1S/C22H31F2N5O2/c1-13(2)26-20-16-10-18(25-11-14(16)9-17(28-20)19(23)24)27-15-7-6-8-29(12-15)21(30)31-22(3,4)5/h9-11,13,15,19H,6-8,12H2,1-5H3,(H,25,27)(H,26,28). The average molecular weight is 436 g/mol. The molecule has 31 heavy (non-hydrogen) atoms. The maximum atomic E-state index is 13.2. The minimum Gasteiger partial charge on any atom is -0.444 e. The summed E-state index contributed by atoms with van der Waals surface area (Å²) in [7, 11) is 0. The lowest BCUT2D eigenvalue weighted by Gasteiger charge is -2.34. The Bertz CT molecular complexity index is 930. The molecule has 1 amide bonds. The molecule has 3 rings (SSSR count). The monoisotopic (exact) mass is 435 g/mol. The fourth-order valence-electron chi connectivity index (χ4n) is 3.54. The maximum Gasteiger partial charge on any atom is 0.410 e. The summed E-state index contributed by atoms with van der Waals surface area (Å²) >= 11 is 0. The number of carbonyl (C=O) groups is 1. The molecular formula is C22H31F2N5O2. The number of nitrogens with one attached hydrogen (secondary N) is 2. The third kappa shape index (κ3) is 6.15. The van der Waals surface area contributed by atoms with Crippen molar-refractivity contribution in [1.29, 1.82) is 0 Å². The van der Waals surface area contributed by atoms with Gasteiger partial charge in [0.2, 0.25) is 0 Å². The molecule has 1 aliphatic rings. The van der Waals surface area contributed by atoms with Gasteiger partial charge in [0.25, 0.3) is 6.43 Å². The van der Waals surface area contributed by atoms with E-state index < -0.39 is 12.0 Å². The maximum absolute atomic E-state index is 13.2. The first kappa shape index (κ1) is 23.0. The number of halogens is 2. The number of nitrogens with zero attached hydrogens (tertiary/aromatic N) is 3. The van der Waals surface area contributed by atoms with Crippen LogP contribution in [0, 0.1) is 0 Å². The number of pyridine rings is 2. The summed E-state index contributed by atoms with van der Waals surface area (Å²) in [4.78, 5) is 22.6. The molecule has 0 saturated carbocycles. The zero-order valence-corrected chi connectivity index (χ0v) is 18.7. The number of carbonyl (C=O) groups excluding carboxylic acids is 1. The van der Waals surface area contributed by atoms with E-state index in [1.165, 1.54) is 6.07 Å². The Labute approximate surface area is 181 Å². The lowest BCUT2D eigenvalue weighted by Crippen LogP contribution is -2.47. The number of amides is 1. The molecule has 1 atom stereocenters. The number of rotatable bonds is 5. The molecule has 1 unspecified atom stereocenters. The lowest BCUT2D eigenvalue weighted by atomic mass is 10.1. The van der Waals surface area contributed by atoms with Gasteiger partial charge in [0.05, 0.1) is 0 Å². The number of aromatic nitrogens is 2. The summed E-state index contributed by atoms with van der Waals surface area (Å²) in [6.07, 6.45) is 0.335. The molecule has 9 heteroatoms. The molecule has 2 N–H and O–H groups in total. The molecule has 0 bridgehead atoms. The molecule has 2 aromatic heterocycles. The number of ether oxygens (including phenoxy) is 1. The number of hydrogen-bond acceptors (Lipinski definition) is 6. The number of fused-ring (bicyclic) bond motifs is 1. The van der Waals surface area contributed by atoms with Crippen molar-refractivity contribution in [2.45, 2.75) is 71.6 Å². The first-order valence-electron chi connectivity index (χ1n) is 10.6. The summed E-state index contributed by atoms with van der Waals surface area (Å²) in [5, 5.41) is 7.84. The van der Waals surface area contributed by atoms with Gasteiger partial charge in [-0.05, 0) is 59.6 Å². The van der Waals surface area contributed by atoms with Crippen LogP contribution in [0.4, 0.5) is 25.2 Å². The van der Waals surface area contributed by atoms with E-state index in [0.29, 0.717) is 30.1 Å². The molecule has 0 aliphatic carbocycles. The Morgan fingerprint density at radius 3 is 2.68 bits per heavy atom. The van der Waals surface area contributed by atoms with E-state index in [-0.39, 0.29) is 23.9 Å². The van der Waals surface area contributed by atoms with Crippen LogP contribution >= 0.6 is 0 Å². The molecular weight excluding hydrogens is 404 g/mol.